The quantitative estimate of drug-likeness (QED) is 0.306. The number of fused-ring (bicyclic) bond motifs is 1. The lowest BCUT2D eigenvalue weighted by Gasteiger charge is -2.23. The van der Waals surface area contributed by atoms with Gasteiger partial charge in [-0.05, 0) is 86.6 Å². The van der Waals surface area contributed by atoms with Crippen LogP contribution in [0.25, 0.3) is 6.08 Å². The molecule has 0 amide bonds. The fraction of sp³-hybridized carbons (Fsp3) is 0.469. The number of hydrogen-bond donors (Lipinski definition) is 1. The summed E-state index contributed by atoms with van der Waals surface area (Å²) in [6.07, 6.45) is 9.57. The van der Waals surface area contributed by atoms with Crippen molar-refractivity contribution < 1.29 is 2.85 Å². The predicted octanol–water partition coefficient (Wildman–Crippen LogP) is 9.97. The maximum Gasteiger partial charge on any atom is 0.0188 e. The van der Waals surface area contributed by atoms with Crippen molar-refractivity contribution in [3.63, 3.8) is 0 Å². The molecule has 0 saturated heterocycles. The summed E-state index contributed by atoms with van der Waals surface area (Å²) in [7, 11) is 0. The van der Waals surface area contributed by atoms with Gasteiger partial charge in [0.2, 0.25) is 0 Å². The van der Waals surface area contributed by atoms with Crippen LogP contribution in [-0.2, 0) is 12.8 Å². The standard InChI is InChI=1S/C21H29N.C9H12.C2H6.2H2/c1-5-15(3)21(22)20(6-2)16(4)10-11-17-12-13-18-8-7-9-19(18)14-17;1-7-4-5-8(2)9(3)6-7;1-2;;/h7-8,12-15,20,22H,4-6,9-11H2,1-3H3;4-6H,1-3H3;1-2H3;2*1H/t15-,20?;;;;/m0..../s1. The molecule has 1 aliphatic rings. The van der Waals surface area contributed by atoms with Crippen molar-refractivity contribution in [3.05, 3.63) is 88.0 Å². The van der Waals surface area contributed by atoms with Gasteiger partial charge in [-0.1, -0.05) is 101 Å². The minimum atomic E-state index is 0. The molecule has 0 aromatic heterocycles. The van der Waals surface area contributed by atoms with E-state index in [9.17, 15) is 0 Å². The average molecular weight is 450 g/mol. The normalized spacial score (nSPS) is 13.1. The molecule has 184 valence electrons. The number of aryl methyl sites for hydroxylation is 4. The van der Waals surface area contributed by atoms with Gasteiger partial charge in [0.1, 0.15) is 0 Å². The van der Waals surface area contributed by atoms with Crippen LogP contribution in [0.4, 0.5) is 0 Å². The molecule has 1 aliphatic carbocycles. The van der Waals surface area contributed by atoms with Crippen molar-refractivity contribution in [1.29, 1.82) is 5.41 Å². The van der Waals surface area contributed by atoms with Crippen molar-refractivity contribution in [1.82, 2.24) is 0 Å². The summed E-state index contributed by atoms with van der Waals surface area (Å²) in [6.45, 7) is 21.2. The summed E-state index contributed by atoms with van der Waals surface area (Å²) in [5.74, 6) is 0.624. The van der Waals surface area contributed by atoms with Gasteiger partial charge in [-0.2, -0.15) is 0 Å². The van der Waals surface area contributed by atoms with Crippen molar-refractivity contribution >= 4 is 11.8 Å². The van der Waals surface area contributed by atoms with Crippen LogP contribution >= 0.6 is 0 Å². The third-order valence-electron chi connectivity index (χ3n) is 6.66. The molecule has 0 saturated carbocycles. The highest BCUT2D eigenvalue weighted by molar-refractivity contribution is 5.88. The Morgan fingerprint density at radius 2 is 1.70 bits per heavy atom. The molecule has 0 radical (unpaired) electrons. The largest absolute Gasteiger partial charge is 0.309 e. The van der Waals surface area contributed by atoms with E-state index in [1.807, 2.05) is 13.8 Å². The van der Waals surface area contributed by atoms with E-state index in [2.05, 4.69) is 96.7 Å². The minimum Gasteiger partial charge on any atom is -0.309 e. The minimum absolute atomic E-state index is 0. The molecule has 2 atom stereocenters. The second kappa shape index (κ2) is 14.7. The van der Waals surface area contributed by atoms with Gasteiger partial charge in [0.25, 0.3) is 0 Å². The van der Waals surface area contributed by atoms with E-state index < -0.39 is 0 Å². The van der Waals surface area contributed by atoms with Crippen LogP contribution in [0.1, 0.15) is 90.1 Å². The molecule has 0 bridgehead atoms. The fourth-order valence-corrected chi connectivity index (χ4v) is 4.13. The molecule has 0 fully saturated rings. The number of hydrogen-bond acceptors (Lipinski definition) is 1. The van der Waals surface area contributed by atoms with Gasteiger partial charge in [0.05, 0.1) is 0 Å². The van der Waals surface area contributed by atoms with Crippen LogP contribution in [0.2, 0.25) is 0 Å². The summed E-state index contributed by atoms with van der Waals surface area (Å²) < 4.78 is 0. The molecule has 1 unspecified atom stereocenters. The topological polar surface area (TPSA) is 23.9 Å². The summed E-state index contributed by atoms with van der Waals surface area (Å²) >= 11 is 0. The molecule has 0 spiro atoms. The maximum atomic E-state index is 8.40. The molecule has 2 aromatic carbocycles. The van der Waals surface area contributed by atoms with Crippen LogP contribution in [0.15, 0.2) is 54.6 Å². The van der Waals surface area contributed by atoms with Crippen LogP contribution in [0, 0.1) is 38.0 Å². The second-order valence-electron chi connectivity index (χ2n) is 9.11. The number of rotatable bonds is 8. The summed E-state index contributed by atoms with van der Waals surface area (Å²) in [6, 6.07) is 13.3. The van der Waals surface area contributed by atoms with Gasteiger partial charge in [0.15, 0.2) is 0 Å². The highest BCUT2D eigenvalue weighted by atomic mass is 14.5. The lowest BCUT2D eigenvalue weighted by atomic mass is 9.83. The van der Waals surface area contributed by atoms with Crippen molar-refractivity contribution in [2.45, 2.75) is 87.5 Å². The highest BCUT2D eigenvalue weighted by Gasteiger charge is 2.20. The van der Waals surface area contributed by atoms with Crippen molar-refractivity contribution in [2.75, 3.05) is 0 Å². The third kappa shape index (κ3) is 8.80. The first-order chi connectivity index (χ1) is 15.8. The lowest BCUT2D eigenvalue weighted by molar-refractivity contribution is 0.636. The Morgan fingerprint density at radius 1 is 1.00 bits per heavy atom. The number of nitrogens with one attached hydrogen (secondary N) is 1. The lowest BCUT2D eigenvalue weighted by Crippen LogP contribution is -2.22. The summed E-state index contributed by atoms with van der Waals surface area (Å²) in [5.41, 5.74) is 10.4. The Morgan fingerprint density at radius 3 is 2.27 bits per heavy atom. The average Bonchev–Trinajstić information content (AvgIpc) is 3.30. The monoisotopic (exact) mass is 449 g/mol. The Labute approximate surface area is 207 Å². The van der Waals surface area contributed by atoms with Crippen molar-refractivity contribution in [2.24, 2.45) is 11.8 Å². The first-order valence-corrected chi connectivity index (χ1v) is 12.8. The predicted molar refractivity (Wildman–Crippen MR) is 154 cm³/mol. The van der Waals surface area contributed by atoms with Crippen LogP contribution in [0.5, 0.6) is 0 Å². The zero-order valence-corrected chi connectivity index (χ0v) is 22.5. The molecular formula is C32H51N. The van der Waals surface area contributed by atoms with Gasteiger partial charge < -0.3 is 5.41 Å². The molecule has 2 aromatic rings. The van der Waals surface area contributed by atoms with Gasteiger partial charge in [-0.15, -0.1) is 0 Å². The first kappa shape index (κ1) is 28.6. The Hall–Kier alpha value is -2.41. The second-order valence-corrected chi connectivity index (χ2v) is 9.11. The number of benzene rings is 2. The highest BCUT2D eigenvalue weighted by Crippen LogP contribution is 2.26. The summed E-state index contributed by atoms with van der Waals surface area (Å²) in [4.78, 5) is 0. The van der Waals surface area contributed by atoms with Gasteiger partial charge in [0, 0.05) is 14.5 Å². The SMILES string of the molecule is C=C(CCc1ccc2c(c1)CC=C2)C(CC)C(=N)[C@@H](C)CC.CC.Cc1ccc(C)c(C)c1.[HH].[HH]. The maximum absolute atomic E-state index is 8.40. The number of allylic oxidation sites excluding steroid dienone is 2. The van der Waals surface area contributed by atoms with Crippen molar-refractivity contribution in [3.8, 4) is 0 Å². The van der Waals surface area contributed by atoms with Crippen LogP contribution in [0.3, 0.4) is 0 Å². The molecule has 1 N–H and O–H groups in total. The molecule has 3 rings (SSSR count). The molecular weight excluding hydrogens is 398 g/mol. The zero-order chi connectivity index (χ0) is 25.0. The first-order valence-electron chi connectivity index (χ1n) is 12.8. The smallest absolute Gasteiger partial charge is 0.0188 e. The molecule has 33 heavy (non-hydrogen) atoms. The van der Waals surface area contributed by atoms with E-state index in [1.54, 1.807) is 0 Å². The van der Waals surface area contributed by atoms with E-state index in [1.165, 1.54) is 39.0 Å². The van der Waals surface area contributed by atoms with E-state index in [4.69, 9.17) is 5.41 Å². The summed E-state index contributed by atoms with van der Waals surface area (Å²) in [5, 5.41) is 8.40. The van der Waals surface area contributed by atoms with Crippen LogP contribution < -0.4 is 0 Å². The fourth-order valence-electron chi connectivity index (χ4n) is 4.13. The molecule has 0 heterocycles. The van der Waals surface area contributed by atoms with Crippen LogP contribution in [-0.4, -0.2) is 5.71 Å². The van der Waals surface area contributed by atoms with E-state index in [0.717, 1.165) is 37.8 Å². The Kier molecular flexibility index (Phi) is 12.7. The Bertz CT molecular complexity index is 943. The van der Waals surface area contributed by atoms with Gasteiger partial charge in [-0.25, -0.2) is 0 Å². The van der Waals surface area contributed by atoms with Gasteiger partial charge >= 0.3 is 0 Å². The third-order valence-corrected chi connectivity index (χ3v) is 6.66. The molecule has 1 heteroatoms. The van der Waals surface area contributed by atoms with Gasteiger partial charge in [-0.3, -0.25) is 0 Å². The van der Waals surface area contributed by atoms with E-state index in [0.29, 0.717) is 5.92 Å². The van der Waals surface area contributed by atoms with E-state index in [-0.39, 0.29) is 8.77 Å². The molecule has 0 aliphatic heterocycles. The zero-order valence-electron chi connectivity index (χ0n) is 22.5. The molecule has 1 nitrogen and oxygen atoms in total. The Balaban J connectivity index is 0. The van der Waals surface area contributed by atoms with E-state index >= 15 is 0 Å².